The Balaban J connectivity index is 1.42. The Morgan fingerprint density at radius 3 is 2.64 bits per heavy atom. The average Bonchev–Trinajstić information content (AvgIpc) is 3.00. The Morgan fingerprint density at radius 1 is 1.12 bits per heavy atom. The van der Waals surface area contributed by atoms with Gasteiger partial charge in [-0.15, -0.1) is 0 Å². The predicted molar refractivity (Wildman–Crippen MR) is 92.9 cm³/mol. The molecule has 3 heterocycles. The van der Waals surface area contributed by atoms with Crippen LogP contribution < -0.4 is 4.74 Å². The third-order valence-corrected chi connectivity index (χ3v) is 4.31. The van der Waals surface area contributed by atoms with E-state index in [1.54, 1.807) is 28.2 Å². The van der Waals surface area contributed by atoms with Gasteiger partial charge in [0.2, 0.25) is 0 Å². The second-order valence-corrected chi connectivity index (χ2v) is 6.03. The van der Waals surface area contributed by atoms with E-state index in [2.05, 4.69) is 10.1 Å². The zero-order valence-corrected chi connectivity index (χ0v) is 13.9. The molecule has 4 rings (SSSR count). The number of benzene rings is 1. The average molecular weight is 334 g/mol. The number of carbonyl (C=O) groups excluding carboxylic acids is 1. The highest BCUT2D eigenvalue weighted by atomic mass is 16.5. The maximum Gasteiger partial charge on any atom is 0.257 e. The van der Waals surface area contributed by atoms with Gasteiger partial charge in [-0.3, -0.25) is 9.78 Å². The minimum absolute atomic E-state index is 0.00859. The Hall–Kier alpha value is -3.15. The highest BCUT2D eigenvalue weighted by Crippen LogP contribution is 2.21. The van der Waals surface area contributed by atoms with E-state index in [1.807, 2.05) is 49.4 Å². The fourth-order valence-electron chi connectivity index (χ4n) is 2.91. The summed E-state index contributed by atoms with van der Waals surface area (Å²) in [6.07, 6.45) is 5.03. The zero-order chi connectivity index (χ0) is 17.2. The number of aromatic nitrogens is 3. The van der Waals surface area contributed by atoms with Crippen LogP contribution in [-0.4, -0.2) is 44.8 Å². The monoisotopic (exact) mass is 334 g/mol. The largest absolute Gasteiger partial charge is 0.485 e. The standard InChI is InChI=1S/C19H18N4O2/c1-14-18(11-21-23(14)15-6-3-2-4-7-15)19(24)22-12-17(13-22)25-16-8-5-9-20-10-16/h2-11,17H,12-13H2,1H3. The second-order valence-electron chi connectivity index (χ2n) is 6.03. The van der Waals surface area contributed by atoms with E-state index < -0.39 is 0 Å². The first-order valence-corrected chi connectivity index (χ1v) is 8.18. The number of likely N-dealkylation sites (tertiary alicyclic amines) is 1. The molecule has 0 N–H and O–H groups in total. The number of rotatable bonds is 4. The molecule has 3 aromatic rings. The SMILES string of the molecule is Cc1c(C(=O)N2CC(Oc3cccnc3)C2)cnn1-c1ccccc1. The van der Waals surface area contributed by atoms with E-state index in [-0.39, 0.29) is 12.0 Å². The van der Waals surface area contributed by atoms with Gasteiger partial charge in [0, 0.05) is 6.20 Å². The topological polar surface area (TPSA) is 60.3 Å². The van der Waals surface area contributed by atoms with E-state index >= 15 is 0 Å². The summed E-state index contributed by atoms with van der Waals surface area (Å²) in [5.41, 5.74) is 2.41. The van der Waals surface area contributed by atoms with E-state index in [9.17, 15) is 4.79 Å². The first-order chi connectivity index (χ1) is 12.2. The molecule has 1 saturated heterocycles. The summed E-state index contributed by atoms with van der Waals surface area (Å²) in [6, 6.07) is 13.5. The van der Waals surface area contributed by atoms with E-state index in [1.165, 1.54) is 0 Å². The predicted octanol–water partition coefficient (Wildman–Crippen LogP) is 2.48. The van der Waals surface area contributed by atoms with Crippen molar-refractivity contribution in [3.05, 3.63) is 72.3 Å². The summed E-state index contributed by atoms with van der Waals surface area (Å²) in [4.78, 5) is 18.5. The fourth-order valence-corrected chi connectivity index (χ4v) is 2.91. The molecule has 1 amide bonds. The molecule has 1 aliphatic rings. The van der Waals surface area contributed by atoms with Gasteiger partial charge in [-0.05, 0) is 31.2 Å². The Morgan fingerprint density at radius 2 is 1.92 bits per heavy atom. The lowest BCUT2D eigenvalue weighted by molar-refractivity contribution is 0.0176. The summed E-state index contributed by atoms with van der Waals surface area (Å²) in [7, 11) is 0. The fraction of sp³-hybridized carbons (Fsp3) is 0.211. The number of para-hydroxylation sites is 1. The molecule has 0 spiro atoms. The molecule has 0 saturated carbocycles. The van der Waals surface area contributed by atoms with Gasteiger partial charge in [-0.1, -0.05) is 18.2 Å². The van der Waals surface area contributed by atoms with Gasteiger partial charge in [0.1, 0.15) is 11.9 Å². The van der Waals surface area contributed by atoms with E-state index in [4.69, 9.17) is 4.74 Å². The van der Waals surface area contributed by atoms with Crippen molar-refractivity contribution in [3.8, 4) is 11.4 Å². The van der Waals surface area contributed by atoms with Crippen LogP contribution in [0.5, 0.6) is 5.75 Å². The molecule has 6 heteroatoms. The number of pyridine rings is 1. The number of ether oxygens (including phenoxy) is 1. The molecule has 6 nitrogen and oxygen atoms in total. The number of carbonyl (C=O) groups is 1. The molecule has 0 bridgehead atoms. The molecule has 1 aliphatic heterocycles. The van der Waals surface area contributed by atoms with Crippen LogP contribution in [0.3, 0.4) is 0 Å². The summed E-state index contributed by atoms with van der Waals surface area (Å²) in [5, 5.41) is 4.36. The maximum atomic E-state index is 12.7. The maximum absolute atomic E-state index is 12.7. The number of hydrogen-bond donors (Lipinski definition) is 0. The lowest BCUT2D eigenvalue weighted by atomic mass is 10.1. The molecule has 0 aliphatic carbocycles. The molecule has 0 atom stereocenters. The summed E-state index contributed by atoms with van der Waals surface area (Å²) in [6.45, 7) is 3.06. The van der Waals surface area contributed by atoms with Crippen molar-refractivity contribution in [1.29, 1.82) is 0 Å². The Kier molecular flexibility index (Phi) is 3.93. The Labute approximate surface area is 145 Å². The van der Waals surface area contributed by atoms with Crippen LogP contribution in [0.2, 0.25) is 0 Å². The quantitative estimate of drug-likeness (QED) is 0.735. The molecule has 0 radical (unpaired) electrons. The van der Waals surface area contributed by atoms with Crippen molar-refractivity contribution in [1.82, 2.24) is 19.7 Å². The van der Waals surface area contributed by atoms with Gasteiger partial charge in [-0.25, -0.2) is 4.68 Å². The minimum atomic E-state index is -0.00859. The van der Waals surface area contributed by atoms with Crippen molar-refractivity contribution in [2.24, 2.45) is 0 Å². The lowest BCUT2D eigenvalue weighted by Crippen LogP contribution is -2.56. The van der Waals surface area contributed by atoms with Crippen LogP contribution in [0.25, 0.3) is 5.69 Å². The van der Waals surface area contributed by atoms with Crippen molar-refractivity contribution in [2.45, 2.75) is 13.0 Å². The van der Waals surface area contributed by atoms with E-state index in [0.29, 0.717) is 18.7 Å². The molecular weight excluding hydrogens is 316 g/mol. The minimum Gasteiger partial charge on any atom is -0.485 e. The summed E-state index contributed by atoms with van der Waals surface area (Å²) >= 11 is 0. The summed E-state index contributed by atoms with van der Waals surface area (Å²) in [5.74, 6) is 0.721. The molecular formula is C19H18N4O2. The number of amides is 1. The smallest absolute Gasteiger partial charge is 0.257 e. The highest BCUT2D eigenvalue weighted by Gasteiger charge is 2.34. The van der Waals surface area contributed by atoms with Gasteiger partial charge < -0.3 is 9.64 Å². The molecule has 2 aromatic heterocycles. The zero-order valence-electron chi connectivity index (χ0n) is 13.9. The Bertz CT molecular complexity index is 871. The molecule has 25 heavy (non-hydrogen) atoms. The van der Waals surface area contributed by atoms with Crippen molar-refractivity contribution in [2.75, 3.05) is 13.1 Å². The summed E-state index contributed by atoms with van der Waals surface area (Å²) < 4.78 is 7.58. The van der Waals surface area contributed by atoms with Crippen molar-refractivity contribution in [3.63, 3.8) is 0 Å². The van der Waals surface area contributed by atoms with E-state index in [0.717, 1.165) is 17.1 Å². The molecule has 0 unspecified atom stereocenters. The third-order valence-electron chi connectivity index (χ3n) is 4.31. The van der Waals surface area contributed by atoms with Crippen LogP contribution in [0.4, 0.5) is 0 Å². The second kappa shape index (κ2) is 6.39. The van der Waals surface area contributed by atoms with Crippen LogP contribution in [0.15, 0.2) is 61.1 Å². The molecule has 1 fully saturated rings. The number of nitrogens with zero attached hydrogens (tertiary/aromatic N) is 4. The van der Waals surface area contributed by atoms with Crippen LogP contribution >= 0.6 is 0 Å². The first kappa shape index (κ1) is 15.4. The van der Waals surface area contributed by atoms with Gasteiger partial charge in [0.25, 0.3) is 5.91 Å². The van der Waals surface area contributed by atoms with Crippen LogP contribution in [-0.2, 0) is 0 Å². The van der Waals surface area contributed by atoms with Crippen molar-refractivity contribution >= 4 is 5.91 Å². The van der Waals surface area contributed by atoms with Gasteiger partial charge in [0.15, 0.2) is 0 Å². The van der Waals surface area contributed by atoms with Gasteiger partial charge in [-0.2, -0.15) is 5.10 Å². The first-order valence-electron chi connectivity index (χ1n) is 8.18. The van der Waals surface area contributed by atoms with Gasteiger partial charge >= 0.3 is 0 Å². The highest BCUT2D eigenvalue weighted by molar-refractivity contribution is 5.95. The van der Waals surface area contributed by atoms with Gasteiger partial charge in [0.05, 0.1) is 42.4 Å². The molecule has 126 valence electrons. The number of hydrogen-bond acceptors (Lipinski definition) is 4. The van der Waals surface area contributed by atoms with Crippen LogP contribution in [0, 0.1) is 6.92 Å². The van der Waals surface area contributed by atoms with Crippen molar-refractivity contribution < 1.29 is 9.53 Å². The normalized spacial score (nSPS) is 14.2. The van der Waals surface area contributed by atoms with Crippen LogP contribution in [0.1, 0.15) is 16.1 Å². The lowest BCUT2D eigenvalue weighted by Gasteiger charge is -2.38. The third kappa shape index (κ3) is 2.98. The molecule has 1 aromatic carbocycles.